The molecule has 3 heterocycles. The summed E-state index contributed by atoms with van der Waals surface area (Å²) in [6, 6.07) is 12.0. The molecule has 1 aromatic carbocycles. The molecular formula is C23H26ClN5O2. The Morgan fingerprint density at radius 2 is 2.03 bits per heavy atom. The van der Waals surface area contributed by atoms with Crippen molar-refractivity contribution < 1.29 is 9.59 Å². The van der Waals surface area contributed by atoms with E-state index in [4.69, 9.17) is 0 Å². The van der Waals surface area contributed by atoms with E-state index >= 15 is 0 Å². The molecule has 2 aromatic heterocycles. The van der Waals surface area contributed by atoms with Crippen LogP contribution in [-0.2, 0) is 16.1 Å². The first-order valence-corrected chi connectivity index (χ1v) is 9.90. The number of fused-ring (bicyclic) bond motifs is 2. The van der Waals surface area contributed by atoms with Crippen LogP contribution in [0.2, 0.25) is 0 Å². The van der Waals surface area contributed by atoms with Crippen molar-refractivity contribution in [3.63, 3.8) is 0 Å². The van der Waals surface area contributed by atoms with Gasteiger partial charge >= 0.3 is 0 Å². The van der Waals surface area contributed by atoms with Gasteiger partial charge in [-0.1, -0.05) is 18.2 Å². The third-order valence-corrected chi connectivity index (χ3v) is 5.45. The van der Waals surface area contributed by atoms with E-state index in [1.807, 2.05) is 43.1 Å². The molecular weight excluding hydrogens is 414 g/mol. The van der Waals surface area contributed by atoms with Crippen molar-refractivity contribution in [1.82, 2.24) is 19.8 Å². The Bertz CT molecular complexity index is 1110. The summed E-state index contributed by atoms with van der Waals surface area (Å²) >= 11 is 0. The number of pyridine rings is 1. The molecule has 0 aliphatic carbocycles. The normalized spacial score (nSPS) is 15.1. The van der Waals surface area contributed by atoms with E-state index in [0.29, 0.717) is 18.9 Å². The van der Waals surface area contributed by atoms with Crippen LogP contribution < -0.4 is 5.32 Å². The van der Waals surface area contributed by atoms with E-state index in [1.54, 1.807) is 30.3 Å². The van der Waals surface area contributed by atoms with Crippen molar-refractivity contribution >= 4 is 47.0 Å². The molecule has 0 saturated carbocycles. The molecule has 0 spiro atoms. The average molecular weight is 440 g/mol. The van der Waals surface area contributed by atoms with Gasteiger partial charge in [0.2, 0.25) is 11.8 Å². The van der Waals surface area contributed by atoms with Gasteiger partial charge in [-0.2, -0.15) is 0 Å². The second kappa shape index (κ2) is 9.32. The van der Waals surface area contributed by atoms with E-state index < -0.39 is 0 Å². The first kappa shape index (κ1) is 22.5. The van der Waals surface area contributed by atoms with Crippen LogP contribution in [0.4, 0.5) is 5.82 Å². The maximum absolute atomic E-state index is 12.7. The number of hydrogen-bond acceptors (Lipinski definition) is 4. The van der Waals surface area contributed by atoms with Crippen molar-refractivity contribution in [1.29, 1.82) is 0 Å². The van der Waals surface area contributed by atoms with Gasteiger partial charge in [-0.05, 0) is 49.2 Å². The van der Waals surface area contributed by atoms with Crippen LogP contribution in [0.1, 0.15) is 29.8 Å². The number of carbonyl (C=O) groups excluding carboxylic acids is 2. The minimum Gasteiger partial charge on any atom is -0.357 e. The lowest BCUT2D eigenvalue weighted by molar-refractivity contribution is -0.126. The number of aromatic amines is 1. The van der Waals surface area contributed by atoms with Gasteiger partial charge in [0.15, 0.2) is 0 Å². The van der Waals surface area contributed by atoms with Crippen LogP contribution in [0.15, 0.2) is 48.7 Å². The minimum atomic E-state index is -0.0958. The summed E-state index contributed by atoms with van der Waals surface area (Å²) in [5, 5.41) is 3.94. The molecule has 0 bridgehead atoms. The zero-order valence-electron chi connectivity index (χ0n) is 17.8. The maximum atomic E-state index is 12.7. The Morgan fingerprint density at radius 3 is 2.81 bits per heavy atom. The molecule has 2 amide bonds. The number of nitrogens with zero attached hydrogens (tertiary/aromatic N) is 3. The molecule has 0 fully saturated rings. The quantitative estimate of drug-likeness (QED) is 0.608. The number of likely N-dealkylation sites (N-methyl/N-ethyl adjacent to an activating group) is 2. The molecule has 7 nitrogen and oxygen atoms in total. The lowest BCUT2D eigenvalue weighted by Crippen LogP contribution is -2.28. The van der Waals surface area contributed by atoms with E-state index in [9.17, 15) is 9.59 Å². The Labute approximate surface area is 187 Å². The van der Waals surface area contributed by atoms with E-state index in [2.05, 4.69) is 27.4 Å². The summed E-state index contributed by atoms with van der Waals surface area (Å²) in [5.74, 6) is 0.411. The number of para-hydroxylation sites is 1. The standard InChI is InChI=1S/C23H25N5O2.ClH/c1-15(20-11-17-6-4-5-7-19(17)25-20)28(3)22(30)9-8-16-10-18-13-27(2)14-21(29)26-23(18)24-12-16;/h4-12,15,25H,13-14H2,1-3H3,(H,24,26,29);1H/b9-8+;. The fourth-order valence-electron chi connectivity index (χ4n) is 3.62. The van der Waals surface area contributed by atoms with Gasteiger partial charge in [0, 0.05) is 42.6 Å². The highest BCUT2D eigenvalue weighted by atomic mass is 35.5. The molecule has 3 aromatic rings. The predicted octanol–water partition coefficient (Wildman–Crippen LogP) is 3.60. The summed E-state index contributed by atoms with van der Waals surface area (Å²) in [7, 11) is 3.68. The van der Waals surface area contributed by atoms with Gasteiger partial charge in [-0.15, -0.1) is 12.4 Å². The largest absolute Gasteiger partial charge is 0.357 e. The number of anilines is 1. The fourth-order valence-corrected chi connectivity index (χ4v) is 3.62. The smallest absolute Gasteiger partial charge is 0.246 e. The molecule has 0 saturated heterocycles. The van der Waals surface area contributed by atoms with Crippen LogP contribution in [-0.4, -0.2) is 52.2 Å². The number of halogens is 1. The highest BCUT2D eigenvalue weighted by Crippen LogP contribution is 2.24. The number of amides is 2. The molecule has 162 valence electrons. The van der Waals surface area contributed by atoms with Gasteiger partial charge < -0.3 is 15.2 Å². The zero-order valence-corrected chi connectivity index (χ0v) is 18.6. The molecule has 1 aliphatic heterocycles. The highest BCUT2D eigenvalue weighted by molar-refractivity contribution is 5.93. The van der Waals surface area contributed by atoms with E-state index in [-0.39, 0.29) is 30.3 Å². The average Bonchev–Trinajstić information content (AvgIpc) is 3.10. The van der Waals surface area contributed by atoms with Crippen molar-refractivity contribution in [3.05, 3.63) is 65.5 Å². The van der Waals surface area contributed by atoms with Gasteiger partial charge in [0.05, 0.1) is 12.6 Å². The first-order chi connectivity index (χ1) is 14.4. The first-order valence-electron chi connectivity index (χ1n) is 9.90. The van der Waals surface area contributed by atoms with Crippen LogP contribution in [0, 0.1) is 0 Å². The van der Waals surface area contributed by atoms with Crippen LogP contribution in [0.3, 0.4) is 0 Å². The number of benzene rings is 1. The highest BCUT2D eigenvalue weighted by Gasteiger charge is 2.19. The maximum Gasteiger partial charge on any atom is 0.246 e. The second-order valence-electron chi connectivity index (χ2n) is 7.77. The predicted molar refractivity (Wildman–Crippen MR) is 125 cm³/mol. The van der Waals surface area contributed by atoms with Crippen LogP contribution in [0.5, 0.6) is 0 Å². The fraction of sp³-hybridized carbons (Fsp3) is 0.261. The van der Waals surface area contributed by atoms with Gasteiger partial charge in [-0.3, -0.25) is 14.5 Å². The number of rotatable bonds is 4. The van der Waals surface area contributed by atoms with Gasteiger partial charge in [0.25, 0.3) is 0 Å². The molecule has 1 aliphatic rings. The topological polar surface area (TPSA) is 81.3 Å². The molecule has 0 radical (unpaired) electrons. The number of H-pyrrole nitrogens is 1. The lowest BCUT2D eigenvalue weighted by atomic mass is 10.1. The molecule has 4 rings (SSSR count). The van der Waals surface area contributed by atoms with Crippen molar-refractivity contribution in [2.45, 2.75) is 19.5 Å². The molecule has 1 unspecified atom stereocenters. The van der Waals surface area contributed by atoms with Crippen LogP contribution >= 0.6 is 12.4 Å². The summed E-state index contributed by atoms with van der Waals surface area (Å²) in [4.78, 5) is 35.9. The summed E-state index contributed by atoms with van der Waals surface area (Å²) in [6.45, 7) is 2.95. The molecule has 2 N–H and O–H groups in total. The second-order valence-corrected chi connectivity index (χ2v) is 7.77. The monoisotopic (exact) mass is 439 g/mol. The van der Waals surface area contributed by atoms with Gasteiger partial charge in [0.1, 0.15) is 5.82 Å². The molecule has 31 heavy (non-hydrogen) atoms. The van der Waals surface area contributed by atoms with E-state index in [1.165, 1.54) is 0 Å². The third kappa shape index (κ3) is 4.95. The summed E-state index contributed by atoms with van der Waals surface area (Å²) in [6.07, 6.45) is 4.98. The molecule has 8 heteroatoms. The number of nitrogens with one attached hydrogen (secondary N) is 2. The SMILES string of the molecule is CC(c1cc2ccccc2[nH]1)N(C)C(=O)/C=C/c1cnc2c(c1)CN(C)CC(=O)N2.Cl. The third-order valence-electron chi connectivity index (χ3n) is 5.45. The number of carbonyl (C=O) groups is 2. The minimum absolute atomic E-state index is 0. The summed E-state index contributed by atoms with van der Waals surface area (Å²) in [5.41, 5.74) is 3.80. The van der Waals surface area contributed by atoms with Crippen molar-refractivity contribution in [2.75, 3.05) is 26.0 Å². The Balaban J connectivity index is 0.00000272. The number of aromatic nitrogens is 2. The zero-order chi connectivity index (χ0) is 21.3. The number of hydrogen-bond donors (Lipinski definition) is 2. The Morgan fingerprint density at radius 1 is 1.26 bits per heavy atom. The van der Waals surface area contributed by atoms with Gasteiger partial charge in [-0.25, -0.2) is 4.98 Å². The van der Waals surface area contributed by atoms with E-state index in [0.717, 1.165) is 27.7 Å². The molecule has 1 atom stereocenters. The Hall–Kier alpha value is -3.16. The van der Waals surface area contributed by atoms with Crippen LogP contribution in [0.25, 0.3) is 17.0 Å². The van der Waals surface area contributed by atoms with Crippen molar-refractivity contribution in [2.24, 2.45) is 0 Å². The van der Waals surface area contributed by atoms with Crippen molar-refractivity contribution in [3.8, 4) is 0 Å². The Kier molecular flexibility index (Phi) is 6.77. The summed E-state index contributed by atoms with van der Waals surface area (Å²) < 4.78 is 0. The lowest BCUT2D eigenvalue weighted by Gasteiger charge is -2.22.